The second kappa shape index (κ2) is 16.1. The standard InChI is InChI=1S/C48H51N3O7Si/c1-31-45(59(4,5)40-22-20-39(57-3)21-23-40)43(27-44(53)50-29-35-14-10-9-13-34(35)25-37(50)30-52)58-48(31)41-26-36(49-46(54)33-15-18-38(56-2)19-16-33)17-24-42(41)51(47(48)55)28-32-11-7-6-8-12-32/h6-24,26,31,37,43,45,52H,25,27-30H2,1-5H3,(H,49,54)/t31-,37-,43+,45-,48+/m0/s1. The SMILES string of the molecule is COc1ccc(C(=O)Nc2ccc3c(c2)[C@@]2(O[C@H](CC(=O)N4Cc5ccccc5C[C@H]4CO)[C@@H]([Si](C)(C)c4ccc(OC)cc4)[C@@H]2C)C(=O)N3Cc2ccccc2)cc1. The van der Waals surface area contributed by atoms with Gasteiger partial charge in [0, 0.05) is 29.3 Å². The first-order valence-corrected chi connectivity index (χ1v) is 23.3. The van der Waals surface area contributed by atoms with E-state index in [9.17, 15) is 14.7 Å². The Bertz CT molecular complexity index is 2350. The summed E-state index contributed by atoms with van der Waals surface area (Å²) in [5.41, 5.74) is 3.85. The summed E-state index contributed by atoms with van der Waals surface area (Å²) >= 11 is 0. The number of carbonyl (C=O) groups excluding carboxylic acids is 3. The van der Waals surface area contributed by atoms with Crippen molar-refractivity contribution in [3.8, 4) is 11.5 Å². The summed E-state index contributed by atoms with van der Waals surface area (Å²) in [5.74, 6) is 0.402. The van der Waals surface area contributed by atoms with Crippen molar-refractivity contribution in [2.24, 2.45) is 5.92 Å². The number of hydrogen-bond acceptors (Lipinski definition) is 7. The maximum Gasteiger partial charge on any atom is 0.264 e. The summed E-state index contributed by atoms with van der Waals surface area (Å²) in [4.78, 5) is 47.3. The maximum absolute atomic E-state index is 15.5. The van der Waals surface area contributed by atoms with E-state index in [1.807, 2.05) is 78.9 Å². The van der Waals surface area contributed by atoms with Gasteiger partial charge in [0.2, 0.25) is 5.91 Å². The fourth-order valence-electron chi connectivity index (χ4n) is 9.79. The van der Waals surface area contributed by atoms with Crippen molar-refractivity contribution in [3.63, 3.8) is 0 Å². The summed E-state index contributed by atoms with van der Waals surface area (Å²) < 4.78 is 18.2. The van der Waals surface area contributed by atoms with Gasteiger partial charge in [0.05, 0.1) is 59.7 Å². The average Bonchev–Trinajstić information content (AvgIpc) is 3.68. The molecule has 1 saturated heterocycles. The molecule has 3 aliphatic heterocycles. The van der Waals surface area contributed by atoms with Crippen LogP contribution in [0.2, 0.25) is 18.6 Å². The third-order valence-corrected chi connectivity index (χ3v) is 17.3. The monoisotopic (exact) mass is 809 g/mol. The lowest BCUT2D eigenvalue weighted by Crippen LogP contribution is -2.52. The number of aliphatic hydroxyl groups is 1. The topological polar surface area (TPSA) is 118 Å². The van der Waals surface area contributed by atoms with Crippen LogP contribution in [0.5, 0.6) is 11.5 Å². The molecule has 2 N–H and O–H groups in total. The van der Waals surface area contributed by atoms with Crippen molar-refractivity contribution in [1.29, 1.82) is 0 Å². The highest BCUT2D eigenvalue weighted by Gasteiger charge is 2.66. The van der Waals surface area contributed by atoms with Crippen LogP contribution in [0.3, 0.4) is 0 Å². The highest BCUT2D eigenvalue weighted by Crippen LogP contribution is 2.60. The molecule has 304 valence electrons. The van der Waals surface area contributed by atoms with Gasteiger partial charge < -0.3 is 34.4 Å². The predicted octanol–water partition coefficient (Wildman–Crippen LogP) is 7.05. The first-order chi connectivity index (χ1) is 28.5. The number of hydrogen-bond donors (Lipinski definition) is 2. The minimum atomic E-state index is -2.59. The van der Waals surface area contributed by atoms with Crippen LogP contribution < -0.4 is 24.9 Å². The van der Waals surface area contributed by atoms with Gasteiger partial charge in [0.15, 0.2) is 5.60 Å². The average molecular weight is 810 g/mol. The van der Waals surface area contributed by atoms with Crippen LogP contribution in [-0.4, -0.2) is 68.8 Å². The predicted molar refractivity (Wildman–Crippen MR) is 231 cm³/mol. The molecule has 1 spiro atoms. The summed E-state index contributed by atoms with van der Waals surface area (Å²) in [6.45, 7) is 7.22. The number of carbonyl (C=O) groups is 3. The van der Waals surface area contributed by atoms with Crippen molar-refractivity contribution < 1.29 is 33.7 Å². The van der Waals surface area contributed by atoms with E-state index >= 15 is 4.79 Å². The van der Waals surface area contributed by atoms with Gasteiger partial charge >= 0.3 is 0 Å². The smallest absolute Gasteiger partial charge is 0.264 e. The number of methoxy groups -OCH3 is 2. The maximum atomic E-state index is 15.5. The second-order valence-electron chi connectivity index (χ2n) is 16.5. The Labute approximate surface area is 346 Å². The molecule has 0 aliphatic carbocycles. The Morgan fingerprint density at radius 1 is 0.864 bits per heavy atom. The zero-order valence-electron chi connectivity index (χ0n) is 34.2. The minimum absolute atomic E-state index is 0.0389. The zero-order chi connectivity index (χ0) is 41.5. The van der Waals surface area contributed by atoms with Crippen molar-refractivity contribution in [2.45, 2.75) is 69.2 Å². The molecule has 0 aromatic heterocycles. The van der Waals surface area contributed by atoms with E-state index in [2.05, 4.69) is 43.5 Å². The Morgan fingerprint density at radius 3 is 2.17 bits per heavy atom. The normalized spacial score (nSPS) is 22.2. The molecule has 59 heavy (non-hydrogen) atoms. The molecular weight excluding hydrogens is 759 g/mol. The quantitative estimate of drug-likeness (QED) is 0.137. The molecule has 8 rings (SSSR count). The Hall–Kier alpha value is -5.75. The molecule has 3 aliphatic rings. The molecule has 5 atom stereocenters. The molecule has 0 radical (unpaired) electrons. The summed E-state index contributed by atoms with van der Waals surface area (Å²) in [7, 11) is 0.632. The first kappa shape index (κ1) is 40.0. The summed E-state index contributed by atoms with van der Waals surface area (Å²) in [5, 5.41) is 14.8. The van der Waals surface area contributed by atoms with E-state index in [4.69, 9.17) is 14.2 Å². The minimum Gasteiger partial charge on any atom is -0.497 e. The lowest BCUT2D eigenvalue weighted by molar-refractivity contribution is -0.151. The fraction of sp³-hybridized carbons (Fsp3) is 0.312. The van der Waals surface area contributed by atoms with Crippen LogP contribution in [0.15, 0.2) is 121 Å². The van der Waals surface area contributed by atoms with Gasteiger partial charge in [-0.2, -0.15) is 0 Å². The number of benzene rings is 5. The molecule has 5 aromatic rings. The number of fused-ring (bicyclic) bond motifs is 3. The van der Waals surface area contributed by atoms with Crippen molar-refractivity contribution in [2.75, 3.05) is 31.0 Å². The van der Waals surface area contributed by atoms with Crippen LogP contribution in [0, 0.1) is 5.92 Å². The van der Waals surface area contributed by atoms with Crippen LogP contribution in [0.4, 0.5) is 11.4 Å². The molecule has 0 bridgehead atoms. The van der Waals surface area contributed by atoms with E-state index in [0.29, 0.717) is 47.8 Å². The number of amides is 3. The molecular formula is C48H51N3O7Si. The van der Waals surface area contributed by atoms with Crippen molar-refractivity contribution in [1.82, 2.24) is 4.90 Å². The Balaban J connectivity index is 1.21. The number of anilines is 2. The lowest BCUT2D eigenvalue weighted by Gasteiger charge is -2.39. The van der Waals surface area contributed by atoms with Gasteiger partial charge in [-0.25, -0.2) is 0 Å². The lowest BCUT2D eigenvalue weighted by atomic mass is 9.82. The van der Waals surface area contributed by atoms with Crippen LogP contribution in [-0.2, 0) is 39.4 Å². The van der Waals surface area contributed by atoms with Gasteiger partial charge in [0.1, 0.15) is 11.5 Å². The number of nitrogens with one attached hydrogen (secondary N) is 1. The van der Waals surface area contributed by atoms with E-state index < -0.39 is 19.8 Å². The highest BCUT2D eigenvalue weighted by molar-refractivity contribution is 6.91. The molecule has 0 saturated carbocycles. The second-order valence-corrected chi connectivity index (χ2v) is 21.2. The van der Waals surface area contributed by atoms with E-state index in [1.165, 1.54) is 0 Å². The van der Waals surface area contributed by atoms with Gasteiger partial charge in [-0.15, -0.1) is 0 Å². The van der Waals surface area contributed by atoms with E-state index in [1.54, 1.807) is 48.3 Å². The van der Waals surface area contributed by atoms with Crippen LogP contribution >= 0.6 is 0 Å². The molecule has 5 aromatic carbocycles. The Morgan fingerprint density at radius 2 is 1.51 bits per heavy atom. The molecule has 11 heteroatoms. The molecule has 1 fully saturated rings. The highest BCUT2D eigenvalue weighted by atomic mass is 28.3. The Kier molecular flexibility index (Phi) is 10.9. The number of rotatable bonds is 11. The van der Waals surface area contributed by atoms with E-state index in [-0.39, 0.29) is 48.3 Å². The van der Waals surface area contributed by atoms with Gasteiger partial charge in [-0.05, 0) is 83.2 Å². The number of ether oxygens (including phenoxy) is 3. The fourth-order valence-corrected chi connectivity index (χ4v) is 13.8. The zero-order valence-corrected chi connectivity index (χ0v) is 35.2. The van der Waals surface area contributed by atoms with Gasteiger partial charge in [-0.1, -0.05) is 91.9 Å². The first-order valence-electron chi connectivity index (χ1n) is 20.2. The number of nitrogens with zero attached hydrogens (tertiary/aromatic N) is 2. The van der Waals surface area contributed by atoms with Crippen LogP contribution in [0.1, 0.15) is 46.0 Å². The molecule has 3 heterocycles. The third-order valence-electron chi connectivity index (χ3n) is 12.9. The molecule has 3 amide bonds. The van der Waals surface area contributed by atoms with Gasteiger partial charge in [-0.3, -0.25) is 14.4 Å². The van der Waals surface area contributed by atoms with Crippen molar-refractivity contribution >= 4 is 42.4 Å². The third kappa shape index (κ3) is 7.21. The molecule has 0 unspecified atom stereocenters. The van der Waals surface area contributed by atoms with E-state index in [0.717, 1.165) is 27.6 Å². The van der Waals surface area contributed by atoms with Gasteiger partial charge in [0.25, 0.3) is 11.8 Å². The number of aliphatic hydroxyl groups excluding tert-OH is 1. The largest absolute Gasteiger partial charge is 0.497 e. The summed E-state index contributed by atoms with van der Waals surface area (Å²) in [6, 6.07) is 38.2. The van der Waals surface area contributed by atoms with Crippen LogP contribution in [0.25, 0.3) is 0 Å². The molecule has 10 nitrogen and oxygen atoms in total. The van der Waals surface area contributed by atoms with Crippen molar-refractivity contribution in [3.05, 3.63) is 149 Å². The summed E-state index contributed by atoms with van der Waals surface area (Å²) in [6.07, 6.45) is -0.0358.